The molecule has 4 rings (SSSR count). The lowest BCUT2D eigenvalue weighted by Crippen LogP contribution is -2.00. The predicted octanol–water partition coefficient (Wildman–Crippen LogP) is 4.15. The molecule has 0 amide bonds. The third-order valence-corrected chi connectivity index (χ3v) is 4.48. The Kier molecular flexibility index (Phi) is 3.97. The van der Waals surface area contributed by atoms with Crippen LogP contribution in [-0.4, -0.2) is 25.6 Å². The molecule has 5 nitrogen and oxygen atoms in total. The van der Waals surface area contributed by atoms with E-state index in [9.17, 15) is 9.90 Å². The largest absolute Gasteiger partial charge is 0.478 e. The smallest absolute Gasteiger partial charge is 0.336 e. The molecule has 0 bridgehead atoms. The second-order valence-electron chi connectivity index (χ2n) is 6.22. The molecule has 1 N–H and O–H groups in total. The number of carboxylic acid groups (broad SMARTS) is 1. The SMILES string of the molecule is Cc1ccnc2c1ncn2Cc1ccc(-c2ccccc2C(=O)O)cc1. The highest BCUT2D eigenvalue weighted by Crippen LogP contribution is 2.24. The van der Waals surface area contributed by atoms with Gasteiger partial charge in [-0.3, -0.25) is 0 Å². The van der Waals surface area contributed by atoms with Crippen molar-refractivity contribution >= 4 is 17.1 Å². The van der Waals surface area contributed by atoms with Crippen LogP contribution in [0.5, 0.6) is 0 Å². The van der Waals surface area contributed by atoms with Gasteiger partial charge in [-0.05, 0) is 41.3 Å². The normalized spacial score (nSPS) is 11.0. The number of benzene rings is 2. The van der Waals surface area contributed by atoms with E-state index >= 15 is 0 Å². The molecule has 0 saturated heterocycles. The number of carbonyl (C=O) groups is 1. The van der Waals surface area contributed by atoms with E-state index in [1.165, 1.54) is 0 Å². The molecule has 0 fully saturated rings. The molecule has 0 atom stereocenters. The fourth-order valence-electron chi connectivity index (χ4n) is 3.11. The van der Waals surface area contributed by atoms with Crippen LogP contribution in [0.2, 0.25) is 0 Å². The summed E-state index contributed by atoms with van der Waals surface area (Å²) in [7, 11) is 0. The van der Waals surface area contributed by atoms with Crippen molar-refractivity contribution in [3.8, 4) is 11.1 Å². The topological polar surface area (TPSA) is 68.0 Å². The summed E-state index contributed by atoms with van der Waals surface area (Å²) in [5, 5.41) is 9.36. The zero-order chi connectivity index (χ0) is 18.1. The van der Waals surface area contributed by atoms with Gasteiger partial charge in [0.25, 0.3) is 0 Å². The molecule has 4 aromatic rings. The lowest BCUT2D eigenvalue weighted by atomic mass is 9.99. The zero-order valence-electron chi connectivity index (χ0n) is 14.3. The first kappa shape index (κ1) is 16.0. The molecule has 26 heavy (non-hydrogen) atoms. The second kappa shape index (κ2) is 6.44. The highest BCUT2D eigenvalue weighted by Gasteiger charge is 2.11. The maximum atomic E-state index is 11.4. The summed E-state index contributed by atoms with van der Waals surface area (Å²) in [4.78, 5) is 20.3. The Bertz CT molecular complexity index is 1100. The quantitative estimate of drug-likeness (QED) is 0.604. The van der Waals surface area contributed by atoms with Gasteiger partial charge in [0.15, 0.2) is 5.65 Å². The molecule has 0 aliphatic heterocycles. The average molecular weight is 343 g/mol. The van der Waals surface area contributed by atoms with Crippen molar-refractivity contribution in [2.45, 2.75) is 13.5 Å². The summed E-state index contributed by atoms with van der Waals surface area (Å²) in [6.07, 6.45) is 3.60. The summed E-state index contributed by atoms with van der Waals surface area (Å²) in [6.45, 7) is 2.68. The number of hydrogen-bond acceptors (Lipinski definition) is 3. The first-order chi connectivity index (χ1) is 12.6. The number of aromatic carboxylic acids is 1. The van der Waals surface area contributed by atoms with Crippen LogP contribution in [-0.2, 0) is 6.54 Å². The number of rotatable bonds is 4. The Morgan fingerprint density at radius 1 is 1.04 bits per heavy atom. The van der Waals surface area contributed by atoms with Crippen LogP contribution in [0.3, 0.4) is 0 Å². The highest BCUT2D eigenvalue weighted by molar-refractivity contribution is 5.96. The molecule has 0 saturated carbocycles. The monoisotopic (exact) mass is 343 g/mol. The summed E-state index contributed by atoms with van der Waals surface area (Å²) < 4.78 is 2.02. The minimum absolute atomic E-state index is 0.306. The predicted molar refractivity (Wildman–Crippen MR) is 100 cm³/mol. The number of nitrogens with zero attached hydrogens (tertiary/aromatic N) is 3. The zero-order valence-corrected chi connectivity index (χ0v) is 14.3. The van der Waals surface area contributed by atoms with E-state index in [1.54, 1.807) is 24.7 Å². The minimum Gasteiger partial charge on any atom is -0.478 e. The number of aromatic nitrogens is 3. The van der Waals surface area contributed by atoms with Crippen molar-refractivity contribution < 1.29 is 9.90 Å². The van der Waals surface area contributed by atoms with Crippen LogP contribution in [0.25, 0.3) is 22.3 Å². The van der Waals surface area contributed by atoms with Gasteiger partial charge in [0.05, 0.1) is 18.4 Å². The lowest BCUT2D eigenvalue weighted by Gasteiger charge is -2.08. The van der Waals surface area contributed by atoms with Crippen molar-refractivity contribution in [2.75, 3.05) is 0 Å². The Labute approximate surface area is 150 Å². The van der Waals surface area contributed by atoms with Crippen LogP contribution in [0, 0.1) is 6.92 Å². The number of aryl methyl sites for hydroxylation is 1. The Morgan fingerprint density at radius 3 is 2.58 bits per heavy atom. The molecule has 2 heterocycles. The molecule has 0 spiro atoms. The number of carboxylic acids is 1. The summed E-state index contributed by atoms with van der Waals surface area (Å²) >= 11 is 0. The maximum absolute atomic E-state index is 11.4. The van der Waals surface area contributed by atoms with Crippen LogP contribution < -0.4 is 0 Å². The van der Waals surface area contributed by atoms with Crippen molar-refractivity contribution in [3.63, 3.8) is 0 Å². The van der Waals surface area contributed by atoms with Gasteiger partial charge in [0, 0.05) is 6.20 Å². The van der Waals surface area contributed by atoms with Crippen molar-refractivity contribution in [2.24, 2.45) is 0 Å². The number of hydrogen-bond donors (Lipinski definition) is 1. The molecule has 2 aromatic carbocycles. The fraction of sp³-hybridized carbons (Fsp3) is 0.0952. The van der Waals surface area contributed by atoms with Crippen LogP contribution in [0.4, 0.5) is 0 Å². The minimum atomic E-state index is -0.920. The van der Waals surface area contributed by atoms with Crippen LogP contribution in [0.15, 0.2) is 67.1 Å². The number of fused-ring (bicyclic) bond motifs is 1. The average Bonchev–Trinajstić information content (AvgIpc) is 3.07. The first-order valence-corrected chi connectivity index (χ1v) is 8.31. The lowest BCUT2D eigenvalue weighted by molar-refractivity contribution is 0.0697. The van der Waals surface area contributed by atoms with E-state index in [0.29, 0.717) is 12.1 Å². The Morgan fingerprint density at radius 2 is 1.81 bits per heavy atom. The van der Waals surface area contributed by atoms with Crippen molar-refractivity contribution in [1.82, 2.24) is 14.5 Å². The molecular formula is C21H17N3O2. The van der Waals surface area contributed by atoms with Gasteiger partial charge >= 0.3 is 5.97 Å². The highest BCUT2D eigenvalue weighted by atomic mass is 16.4. The molecule has 2 aromatic heterocycles. The van der Waals surface area contributed by atoms with Crippen molar-refractivity contribution in [1.29, 1.82) is 0 Å². The van der Waals surface area contributed by atoms with Gasteiger partial charge in [-0.2, -0.15) is 0 Å². The first-order valence-electron chi connectivity index (χ1n) is 8.31. The molecule has 0 unspecified atom stereocenters. The van der Waals surface area contributed by atoms with E-state index in [2.05, 4.69) is 9.97 Å². The fourth-order valence-corrected chi connectivity index (χ4v) is 3.11. The molecule has 0 aliphatic rings. The standard InChI is InChI=1S/C21H17N3O2/c1-14-10-11-22-20-19(14)23-13-24(20)12-15-6-8-16(9-7-15)17-4-2-3-5-18(17)21(25)26/h2-11,13H,12H2,1H3,(H,25,26). The third-order valence-electron chi connectivity index (χ3n) is 4.48. The Balaban J connectivity index is 1.64. The van der Waals surface area contributed by atoms with Gasteiger partial charge < -0.3 is 9.67 Å². The summed E-state index contributed by atoms with van der Waals surface area (Å²) in [5.74, 6) is -0.920. The van der Waals surface area contributed by atoms with Gasteiger partial charge in [-0.1, -0.05) is 42.5 Å². The molecular weight excluding hydrogens is 326 g/mol. The van der Waals surface area contributed by atoms with Gasteiger partial charge in [0.1, 0.15) is 5.52 Å². The molecule has 0 aliphatic carbocycles. The maximum Gasteiger partial charge on any atom is 0.336 e. The number of imidazole rings is 1. The second-order valence-corrected chi connectivity index (χ2v) is 6.22. The summed E-state index contributed by atoms with van der Waals surface area (Å²) in [6, 6.07) is 16.9. The van der Waals surface area contributed by atoms with Gasteiger partial charge in [-0.15, -0.1) is 0 Å². The van der Waals surface area contributed by atoms with Gasteiger partial charge in [0.2, 0.25) is 0 Å². The van der Waals surface area contributed by atoms with Crippen LogP contribution >= 0.6 is 0 Å². The third kappa shape index (κ3) is 2.84. The van der Waals surface area contributed by atoms with E-state index in [-0.39, 0.29) is 0 Å². The van der Waals surface area contributed by atoms with E-state index in [1.807, 2.05) is 54.0 Å². The Hall–Kier alpha value is -3.47. The van der Waals surface area contributed by atoms with E-state index in [0.717, 1.165) is 33.4 Å². The molecule has 0 radical (unpaired) electrons. The molecule has 128 valence electrons. The van der Waals surface area contributed by atoms with Gasteiger partial charge in [-0.25, -0.2) is 14.8 Å². The summed E-state index contributed by atoms with van der Waals surface area (Å²) in [5.41, 5.74) is 5.90. The van der Waals surface area contributed by atoms with E-state index < -0.39 is 5.97 Å². The van der Waals surface area contributed by atoms with Crippen molar-refractivity contribution in [3.05, 3.63) is 83.8 Å². The van der Waals surface area contributed by atoms with E-state index in [4.69, 9.17) is 0 Å². The number of pyridine rings is 1. The van der Waals surface area contributed by atoms with Crippen LogP contribution in [0.1, 0.15) is 21.5 Å². The molecule has 5 heteroatoms.